The van der Waals surface area contributed by atoms with Crippen LogP contribution in [0, 0.1) is 11.8 Å². The van der Waals surface area contributed by atoms with Crippen molar-refractivity contribution in [3.8, 4) is 11.1 Å². The van der Waals surface area contributed by atoms with E-state index < -0.39 is 94.7 Å². The number of nitrogens with zero attached hydrogens (tertiary/aromatic N) is 7. The first kappa shape index (κ1) is 70.3. The fourth-order valence-electron chi connectivity index (χ4n) is 17.4. The molecule has 9 aliphatic heterocycles. The Hall–Kier alpha value is -7.06. The van der Waals surface area contributed by atoms with Gasteiger partial charge in [-0.1, -0.05) is 69.3 Å². The molecule has 2 unspecified atom stereocenters. The van der Waals surface area contributed by atoms with Gasteiger partial charge in [0.05, 0.1) is 43.2 Å². The number of likely N-dealkylation sites (N-methyl/N-ethyl adjacent to an activating group) is 3. The summed E-state index contributed by atoms with van der Waals surface area (Å²) in [6.07, 6.45) is 9.57. The molecule has 510 valence electrons. The molecule has 2 aromatic rings. The van der Waals surface area contributed by atoms with Crippen LogP contribution in [0.1, 0.15) is 153 Å². The van der Waals surface area contributed by atoms with E-state index in [2.05, 4.69) is 22.3 Å². The number of nitrogens with one attached hydrogen (secondary N) is 1. The van der Waals surface area contributed by atoms with Crippen LogP contribution in [0.3, 0.4) is 0 Å². The average molecular weight is 1300 g/mol. The molecule has 0 aromatic heterocycles. The van der Waals surface area contributed by atoms with Crippen LogP contribution in [0.4, 0.5) is 4.79 Å². The second kappa shape index (κ2) is 28.9. The van der Waals surface area contributed by atoms with Crippen molar-refractivity contribution in [2.75, 3.05) is 80.7 Å². The van der Waals surface area contributed by atoms with Crippen LogP contribution in [0.5, 0.6) is 0 Å². The van der Waals surface area contributed by atoms with E-state index in [4.69, 9.17) is 19.7 Å². The quantitative estimate of drug-likeness (QED) is 0.153. The van der Waals surface area contributed by atoms with E-state index in [1.165, 1.54) is 16.9 Å². The van der Waals surface area contributed by atoms with Crippen molar-refractivity contribution in [2.24, 2.45) is 11.8 Å². The summed E-state index contributed by atoms with van der Waals surface area (Å²) in [6.45, 7) is 10.4. The van der Waals surface area contributed by atoms with Crippen molar-refractivity contribution in [3.63, 3.8) is 0 Å². The standard InChI is InChI=1S/C27H27N3O6.C15H25NO4.C12H18N2O3.C8H15NO2.C6H11NO2/c31-23(32)13-27-10-5-11-30(27)24(33)22-12-16(14-29(22)25(27)34)28-26(35)36-15-21-19-8-3-1-6-17(19)18-7-2-4-9-20(18)21;1-4-15(6-5-7-16(15)2)13(18)11-8-10(17)9-12(11)14(19)20-3;1-2-12-4-3-5-14(12)10(16)9-6-8(15)7-13(9)11(12)17;1-3-8(7(10)11)5-4-6-9(8)2;1-7-4-2-3-5(7)6(8)9/h1-4,6-9,16,21-22H,5,10-15H2,(H,28,35)(H,31,32);10-12,17H,4-9H2,1-3H3;8-9,15H,2-7H2,1H3;3-6H2,1-2H3,(H,10,11);5H,2-4H2,1H3,(H,8,9)/t16-,22-,27-;10-,11?,12+,15+;8-,9+,12-;;5-/m001.0/s1. The third-order valence-corrected chi connectivity index (χ3v) is 22.5. The summed E-state index contributed by atoms with van der Waals surface area (Å²) in [6, 6.07) is 14.4. The molecule has 5 amide bonds. The van der Waals surface area contributed by atoms with E-state index in [-0.39, 0.29) is 66.9 Å². The zero-order valence-electron chi connectivity index (χ0n) is 55.0. The van der Waals surface area contributed by atoms with Gasteiger partial charge < -0.3 is 59.9 Å². The van der Waals surface area contributed by atoms with Gasteiger partial charge in [-0.3, -0.25) is 57.9 Å². The molecule has 10 fully saturated rings. The minimum Gasteiger partial charge on any atom is -0.481 e. The van der Waals surface area contributed by atoms with Crippen LogP contribution >= 0.6 is 0 Å². The predicted molar refractivity (Wildman–Crippen MR) is 338 cm³/mol. The van der Waals surface area contributed by atoms with Gasteiger partial charge in [0.15, 0.2) is 5.78 Å². The number of likely N-dealkylation sites (tertiary alicyclic amines) is 3. The molecule has 12 atom stereocenters. The van der Waals surface area contributed by atoms with E-state index in [9.17, 15) is 63.3 Å². The van der Waals surface area contributed by atoms with Gasteiger partial charge in [-0.15, -0.1) is 0 Å². The molecule has 0 spiro atoms. The summed E-state index contributed by atoms with van der Waals surface area (Å²) in [5.74, 6) is -4.13. The number of hydrogen-bond acceptors (Lipinski definition) is 17. The van der Waals surface area contributed by atoms with E-state index in [0.29, 0.717) is 64.6 Å². The van der Waals surface area contributed by atoms with Gasteiger partial charge in [-0.2, -0.15) is 0 Å². The summed E-state index contributed by atoms with van der Waals surface area (Å²) in [7, 11) is 7.06. The normalized spacial score (nSPS) is 32.5. The number of ether oxygens (including phenoxy) is 2. The number of piperazine rings is 2. The molecule has 13 rings (SSSR count). The molecule has 1 saturated carbocycles. The zero-order valence-corrected chi connectivity index (χ0v) is 55.0. The number of Topliss-reactive ketones (excluding diaryl/α,β-unsaturated/α-hetero) is 1. The van der Waals surface area contributed by atoms with Crippen molar-refractivity contribution in [1.82, 2.24) is 39.6 Å². The highest BCUT2D eigenvalue weighted by Gasteiger charge is 2.62. The molecule has 25 nitrogen and oxygen atoms in total. The minimum atomic E-state index is -1.31. The van der Waals surface area contributed by atoms with Crippen LogP contribution in [-0.4, -0.2) is 258 Å². The Morgan fingerprint density at radius 2 is 1.13 bits per heavy atom. The van der Waals surface area contributed by atoms with Gasteiger partial charge in [0, 0.05) is 44.4 Å². The topological polar surface area (TPSA) is 325 Å². The number of ketones is 1. The van der Waals surface area contributed by atoms with Crippen LogP contribution in [0.15, 0.2) is 48.5 Å². The summed E-state index contributed by atoms with van der Waals surface area (Å²) >= 11 is 0. The molecule has 2 aromatic carbocycles. The monoisotopic (exact) mass is 1300 g/mol. The highest BCUT2D eigenvalue weighted by molar-refractivity contribution is 6.03. The Balaban J connectivity index is 0.000000151. The first-order valence-electron chi connectivity index (χ1n) is 33.5. The maximum absolute atomic E-state index is 13.4. The second-order valence-corrected chi connectivity index (χ2v) is 27.2. The van der Waals surface area contributed by atoms with Crippen molar-refractivity contribution >= 4 is 59.4 Å². The van der Waals surface area contributed by atoms with E-state index >= 15 is 0 Å². The maximum Gasteiger partial charge on any atom is 0.407 e. The number of alkyl carbamates (subject to hydrolysis) is 1. The number of aliphatic carboxylic acids is 3. The molecule has 6 N–H and O–H groups in total. The van der Waals surface area contributed by atoms with Crippen molar-refractivity contribution < 1.29 is 83.0 Å². The summed E-state index contributed by atoms with van der Waals surface area (Å²) in [5, 5.41) is 49.3. The molecule has 25 heteroatoms. The molecule has 0 bridgehead atoms. The first-order valence-corrected chi connectivity index (χ1v) is 33.5. The Bertz CT molecular complexity index is 3120. The molecular formula is C68H96N8O17. The van der Waals surface area contributed by atoms with Gasteiger partial charge in [0.2, 0.25) is 23.6 Å². The third-order valence-electron chi connectivity index (χ3n) is 22.5. The molecular weight excluding hydrogens is 1200 g/mol. The van der Waals surface area contributed by atoms with Crippen LogP contribution in [0.25, 0.3) is 11.1 Å². The molecule has 9 heterocycles. The highest BCUT2D eigenvalue weighted by Crippen LogP contribution is 2.47. The average Bonchev–Trinajstić information content (AvgIpc) is 1.64. The van der Waals surface area contributed by atoms with E-state index in [1.807, 2.05) is 88.1 Å². The number of benzene rings is 2. The zero-order chi connectivity index (χ0) is 67.5. The van der Waals surface area contributed by atoms with Crippen LogP contribution in [-0.2, 0) is 52.6 Å². The third kappa shape index (κ3) is 13.3. The van der Waals surface area contributed by atoms with E-state index in [1.54, 1.807) is 9.80 Å². The number of carboxylic acid groups (broad SMARTS) is 3. The smallest absolute Gasteiger partial charge is 0.407 e. The number of amides is 5. The maximum atomic E-state index is 13.4. The fraction of sp³-hybridized carbons (Fsp3) is 0.676. The van der Waals surface area contributed by atoms with Gasteiger partial charge in [0.25, 0.3) is 0 Å². The lowest BCUT2D eigenvalue weighted by molar-refractivity contribution is -0.168. The van der Waals surface area contributed by atoms with Crippen molar-refractivity contribution in [2.45, 2.75) is 201 Å². The number of rotatable bonds is 13. The van der Waals surface area contributed by atoms with Crippen molar-refractivity contribution in [3.05, 3.63) is 59.7 Å². The highest BCUT2D eigenvalue weighted by atomic mass is 16.5. The SMILES string of the molecule is CCC1(C(=O)O)CCCN1C.CC[C@]1(C(=O)C2C[C@H](O)C[C@H]2C(=O)OC)CCCN1C.CC[C@]12CCCN1C(=O)[C@@H]1C[C@@H](O)CN1C2=O.CN1CCC[C@H]1C(=O)O.O=C(O)C[C@]12CCCN1C(=O)[C@@H]1C[C@H](NC(=O)OCC3c4ccccc4-c4ccccc43)CN1C2=O. The second-order valence-electron chi connectivity index (χ2n) is 27.2. The number of aliphatic hydroxyl groups is 2. The fourth-order valence-corrected chi connectivity index (χ4v) is 17.4. The Labute approximate surface area is 544 Å². The number of methoxy groups -OCH3 is 1. The summed E-state index contributed by atoms with van der Waals surface area (Å²) < 4.78 is 10.4. The van der Waals surface area contributed by atoms with Gasteiger partial charge in [-0.25, -0.2) is 4.79 Å². The minimum absolute atomic E-state index is 0.0421. The number of carboxylic acids is 3. The van der Waals surface area contributed by atoms with E-state index in [0.717, 1.165) is 99.7 Å². The number of aliphatic hydroxyl groups excluding tert-OH is 2. The Kier molecular flexibility index (Phi) is 21.8. The molecule has 11 aliphatic rings. The molecule has 2 aliphatic carbocycles. The lowest BCUT2D eigenvalue weighted by atomic mass is 9.77. The number of carbonyl (C=O) groups is 10. The van der Waals surface area contributed by atoms with Gasteiger partial charge in [-0.05, 0) is 166 Å². The largest absolute Gasteiger partial charge is 0.481 e. The number of fused-ring (bicyclic) bond motifs is 7. The number of esters is 1. The summed E-state index contributed by atoms with van der Waals surface area (Å²) in [4.78, 5) is 134. The van der Waals surface area contributed by atoms with Crippen molar-refractivity contribution in [1.29, 1.82) is 0 Å². The lowest BCUT2D eigenvalue weighted by Crippen LogP contribution is -2.68. The first-order chi connectivity index (χ1) is 44.3. The Morgan fingerprint density at radius 1 is 0.602 bits per heavy atom. The summed E-state index contributed by atoms with van der Waals surface area (Å²) in [5.41, 5.74) is 1.59. The Morgan fingerprint density at radius 3 is 1.62 bits per heavy atom. The van der Waals surface area contributed by atoms with Gasteiger partial charge in [0.1, 0.15) is 41.3 Å². The predicted octanol–water partition coefficient (Wildman–Crippen LogP) is 4.18. The number of hydrogen-bond donors (Lipinski definition) is 6. The molecule has 9 saturated heterocycles. The van der Waals surface area contributed by atoms with Gasteiger partial charge >= 0.3 is 30.0 Å². The van der Waals surface area contributed by atoms with Crippen LogP contribution < -0.4 is 5.32 Å². The van der Waals surface area contributed by atoms with Crippen LogP contribution in [0.2, 0.25) is 0 Å². The lowest BCUT2D eigenvalue weighted by Gasteiger charge is -2.46. The molecule has 93 heavy (non-hydrogen) atoms. The molecule has 0 radical (unpaired) electrons. The number of carbonyl (C=O) groups excluding carboxylic acids is 7.